The van der Waals surface area contributed by atoms with E-state index in [1.54, 1.807) is 0 Å². The number of benzene rings is 2. The lowest BCUT2D eigenvalue weighted by Crippen LogP contribution is -2.20. The number of allylic oxidation sites excluding steroid dienone is 14. The summed E-state index contributed by atoms with van der Waals surface area (Å²) in [4.78, 5) is 0. The summed E-state index contributed by atoms with van der Waals surface area (Å²) in [5.41, 5.74) is 8.63. The van der Waals surface area contributed by atoms with Gasteiger partial charge in [-0.3, -0.25) is 0 Å². The van der Waals surface area contributed by atoms with Crippen molar-refractivity contribution in [3.8, 4) is 0 Å². The Hall–Kier alpha value is -3.77. The molecule has 0 radical (unpaired) electrons. The maximum atomic E-state index is 4.47. The monoisotopic (exact) mass is 469 g/mol. The number of hydrogen-bond acceptors (Lipinski definition) is 0. The Bertz CT molecular complexity index is 1230. The van der Waals surface area contributed by atoms with Crippen molar-refractivity contribution in [1.29, 1.82) is 0 Å². The van der Waals surface area contributed by atoms with Crippen molar-refractivity contribution in [3.63, 3.8) is 0 Å². The molecule has 2 aromatic rings. The fourth-order valence-corrected chi connectivity index (χ4v) is 5.40. The van der Waals surface area contributed by atoms with Gasteiger partial charge in [0, 0.05) is 47.8 Å². The maximum Gasteiger partial charge on any atom is 0.0756 e. The van der Waals surface area contributed by atoms with E-state index in [0.29, 0.717) is 11.8 Å². The van der Waals surface area contributed by atoms with E-state index in [1.165, 1.54) is 33.8 Å². The lowest BCUT2D eigenvalue weighted by Gasteiger charge is -2.30. The second-order valence-corrected chi connectivity index (χ2v) is 9.90. The first-order valence-corrected chi connectivity index (χ1v) is 12.9. The van der Waals surface area contributed by atoms with Gasteiger partial charge in [0.15, 0.2) is 0 Å². The molecule has 0 bridgehead atoms. The second kappa shape index (κ2) is 11.8. The summed E-state index contributed by atoms with van der Waals surface area (Å²) in [6.07, 6.45) is 21.0. The molecular weight excluding hydrogens is 432 g/mol. The molecule has 0 amide bonds. The van der Waals surface area contributed by atoms with Gasteiger partial charge in [0.25, 0.3) is 0 Å². The lowest BCUT2D eigenvalue weighted by molar-refractivity contribution is 0.515. The summed E-state index contributed by atoms with van der Waals surface area (Å²) >= 11 is 0. The van der Waals surface area contributed by atoms with Gasteiger partial charge >= 0.3 is 0 Å². The van der Waals surface area contributed by atoms with Gasteiger partial charge in [0.05, 0.1) is 11.1 Å². The summed E-state index contributed by atoms with van der Waals surface area (Å²) in [6, 6.07) is 21.5. The fraction of sp³-hybridized carbons (Fsp3) is 0.194. The Balaban J connectivity index is 1.85. The first-order chi connectivity index (χ1) is 17.5. The van der Waals surface area contributed by atoms with E-state index in [1.807, 2.05) is 0 Å². The minimum Gasteiger partial charge on any atom is -0.0958 e. The van der Waals surface area contributed by atoms with Gasteiger partial charge in [-0.1, -0.05) is 97.7 Å². The molecule has 0 aromatic heterocycles. The van der Waals surface area contributed by atoms with Crippen molar-refractivity contribution in [2.45, 2.75) is 27.2 Å². The Morgan fingerprint density at radius 2 is 1.33 bits per heavy atom. The van der Waals surface area contributed by atoms with Crippen LogP contribution in [-0.2, 0) is 0 Å². The van der Waals surface area contributed by atoms with E-state index in [4.69, 9.17) is 0 Å². The lowest BCUT2D eigenvalue weighted by atomic mass is 9.71. The fourth-order valence-electron chi connectivity index (χ4n) is 5.40. The van der Waals surface area contributed by atoms with Crippen LogP contribution in [0.15, 0.2) is 151 Å². The molecule has 0 saturated carbocycles. The van der Waals surface area contributed by atoms with Crippen LogP contribution in [0, 0.1) is 23.7 Å². The normalized spacial score (nSPS) is 16.9. The molecule has 0 heterocycles. The van der Waals surface area contributed by atoms with Crippen molar-refractivity contribution < 1.29 is 0 Å². The van der Waals surface area contributed by atoms with Crippen LogP contribution in [0.4, 0.5) is 0 Å². The van der Waals surface area contributed by atoms with Crippen molar-refractivity contribution in [2.24, 2.45) is 17.8 Å². The Morgan fingerprint density at radius 1 is 0.778 bits per heavy atom. The Kier molecular flexibility index (Phi) is 8.28. The van der Waals surface area contributed by atoms with Crippen molar-refractivity contribution in [3.05, 3.63) is 168 Å². The summed E-state index contributed by atoms with van der Waals surface area (Å²) in [5, 5.41) is 0. The zero-order valence-corrected chi connectivity index (χ0v) is 21.8. The molecule has 0 nitrogen and oxygen atoms in total. The number of hydrogen-bond donors (Lipinski definition) is 0. The SMILES string of the molecule is C=C(C)/C(=C\C1C=CC=C1)[C+](CC(/C(C(=C)C)=C(/C)c1ccccc1)C1C=CC=C1)c1ccccc1. The van der Waals surface area contributed by atoms with Gasteiger partial charge in [0.1, 0.15) is 0 Å². The van der Waals surface area contributed by atoms with Gasteiger partial charge in [-0.15, -0.1) is 0 Å². The molecule has 0 saturated heterocycles. The zero-order valence-electron chi connectivity index (χ0n) is 21.8. The molecule has 0 aliphatic heterocycles. The highest BCUT2D eigenvalue weighted by atomic mass is 14.3. The predicted molar refractivity (Wildman–Crippen MR) is 157 cm³/mol. The van der Waals surface area contributed by atoms with Crippen molar-refractivity contribution in [1.82, 2.24) is 0 Å². The van der Waals surface area contributed by atoms with Gasteiger partial charge in [-0.25, -0.2) is 0 Å². The predicted octanol–water partition coefficient (Wildman–Crippen LogP) is 9.65. The summed E-state index contributed by atoms with van der Waals surface area (Å²) < 4.78 is 0. The molecule has 1 atom stereocenters. The third-order valence-electron chi connectivity index (χ3n) is 7.15. The van der Waals surface area contributed by atoms with Crippen LogP contribution in [0.25, 0.3) is 5.57 Å². The van der Waals surface area contributed by atoms with E-state index in [-0.39, 0.29) is 5.92 Å². The maximum absolute atomic E-state index is 4.47. The minimum atomic E-state index is 0.255. The van der Waals surface area contributed by atoms with E-state index in [2.05, 4.69) is 149 Å². The highest BCUT2D eigenvalue weighted by Crippen LogP contribution is 2.44. The zero-order chi connectivity index (χ0) is 25.5. The van der Waals surface area contributed by atoms with Crippen LogP contribution in [0.3, 0.4) is 0 Å². The van der Waals surface area contributed by atoms with E-state index in [0.717, 1.165) is 17.6 Å². The first-order valence-electron chi connectivity index (χ1n) is 12.9. The highest BCUT2D eigenvalue weighted by molar-refractivity contribution is 5.71. The Labute approximate surface area is 218 Å². The largest absolute Gasteiger partial charge is 0.0958 e. The number of rotatable bonds is 10. The van der Waals surface area contributed by atoms with E-state index in [9.17, 15) is 0 Å². The van der Waals surface area contributed by atoms with Crippen LogP contribution >= 0.6 is 0 Å². The first kappa shape index (κ1) is 25.3. The summed E-state index contributed by atoms with van der Waals surface area (Å²) in [5.74, 6) is 2.20. The van der Waals surface area contributed by atoms with Gasteiger partial charge < -0.3 is 0 Å². The topological polar surface area (TPSA) is 0 Å². The van der Waals surface area contributed by atoms with Crippen LogP contribution in [-0.4, -0.2) is 0 Å². The molecule has 36 heavy (non-hydrogen) atoms. The molecule has 1 unspecified atom stereocenters. The summed E-state index contributed by atoms with van der Waals surface area (Å²) in [7, 11) is 0. The van der Waals surface area contributed by atoms with Crippen LogP contribution < -0.4 is 0 Å². The molecule has 2 aliphatic rings. The van der Waals surface area contributed by atoms with E-state index >= 15 is 0 Å². The second-order valence-electron chi connectivity index (χ2n) is 9.90. The van der Waals surface area contributed by atoms with Gasteiger partial charge in [-0.05, 0) is 61.8 Å². The molecular formula is C36H37+. The van der Waals surface area contributed by atoms with Crippen LogP contribution in [0.1, 0.15) is 38.3 Å². The van der Waals surface area contributed by atoms with Gasteiger partial charge in [0.2, 0.25) is 0 Å². The summed E-state index contributed by atoms with van der Waals surface area (Å²) in [6.45, 7) is 15.4. The third kappa shape index (κ3) is 5.89. The average Bonchev–Trinajstić information content (AvgIpc) is 3.60. The van der Waals surface area contributed by atoms with Crippen LogP contribution in [0.2, 0.25) is 0 Å². The smallest absolute Gasteiger partial charge is 0.0756 e. The molecule has 0 spiro atoms. The Morgan fingerprint density at radius 3 is 1.89 bits per heavy atom. The molecule has 180 valence electrons. The van der Waals surface area contributed by atoms with Crippen molar-refractivity contribution >= 4 is 5.57 Å². The molecule has 0 heteroatoms. The third-order valence-corrected chi connectivity index (χ3v) is 7.15. The van der Waals surface area contributed by atoms with Crippen LogP contribution in [0.5, 0.6) is 0 Å². The quantitative estimate of drug-likeness (QED) is 0.240. The minimum absolute atomic E-state index is 0.255. The molecule has 0 fully saturated rings. The molecule has 0 N–H and O–H groups in total. The van der Waals surface area contributed by atoms with E-state index < -0.39 is 0 Å². The molecule has 4 rings (SSSR count). The standard InChI is InChI=1S/C36H37/c1-26(2)33(24-29-16-12-13-17-29)34(31-20-10-7-11-21-31)25-35(32-22-14-15-23-32)36(27(3)4)28(5)30-18-8-6-9-19-30/h6-24,29,32,35H,1,3,25H2,2,4-5H3/q+1/b33-24+,36-28-. The average molecular weight is 470 g/mol. The molecule has 2 aliphatic carbocycles. The van der Waals surface area contributed by atoms with Crippen molar-refractivity contribution in [2.75, 3.05) is 0 Å². The van der Waals surface area contributed by atoms with Gasteiger partial charge in [-0.2, -0.15) is 0 Å². The molecule has 2 aromatic carbocycles. The highest BCUT2D eigenvalue weighted by Gasteiger charge is 2.34.